The smallest absolute Gasteiger partial charge is 0.251 e. The number of halogens is 1. The van der Waals surface area contributed by atoms with E-state index >= 15 is 0 Å². The fraction of sp³-hybridized carbons (Fsp3) is 0.429. The average Bonchev–Trinajstić information content (AvgIpc) is 3.62. The molecule has 2 aromatic carbocycles. The van der Waals surface area contributed by atoms with Crippen LogP contribution in [0.4, 0.5) is 5.69 Å². The number of nitrogens with one attached hydrogen (secondary N) is 1. The van der Waals surface area contributed by atoms with Crippen LogP contribution >= 0.6 is 11.6 Å². The highest BCUT2D eigenvalue weighted by Crippen LogP contribution is 2.29. The summed E-state index contributed by atoms with van der Waals surface area (Å²) in [6.45, 7) is 1.69. The maximum Gasteiger partial charge on any atom is 0.251 e. The Morgan fingerprint density at radius 2 is 1.83 bits per heavy atom. The second-order valence-corrected chi connectivity index (χ2v) is 12.9. The fourth-order valence-electron chi connectivity index (χ4n) is 5.39. The number of hydrogen-bond acceptors (Lipinski definition) is 8. The van der Waals surface area contributed by atoms with E-state index in [1.54, 1.807) is 46.1 Å². The van der Waals surface area contributed by atoms with E-state index in [4.69, 9.17) is 21.1 Å². The standard InChI is InChI=1S/C28H31ClN6O6S/c29-23-10-5-19-14-25(23)40-13-3-11-33-15-20(31-32-33)18-41-26-17-34(16-24(26)30-28(19)37)42(38,39)22-8-6-21(7-9-22)35-12-2-1-4-27(35)36/h5-10,14-15,24,26H,1-4,11-13,16-18H2,(H,30,37)/t24-,26-/m0/s1. The molecule has 14 heteroatoms. The molecule has 2 saturated heterocycles. The molecule has 0 unspecified atom stereocenters. The summed E-state index contributed by atoms with van der Waals surface area (Å²) in [6, 6.07) is 10.5. The summed E-state index contributed by atoms with van der Waals surface area (Å²) in [5.41, 5.74) is 1.60. The van der Waals surface area contributed by atoms with Crippen LogP contribution in [0.3, 0.4) is 0 Å². The topological polar surface area (TPSA) is 136 Å². The monoisotopic (exact) mass is 614 g/mol. The van der Waals surface area contributed by atoms with Crippen molar-refractivity contribution in [1.29, 1.82) is 0 Å². The molecule has 3 aromatic rings. The Balaban J connectivity index is 1.24. The Labute approximate surface area is 248 Å². The molecular weight excluding hydrogens is 584 g/mol. The minimum absolute atomic E-state index is 0.00867. The number of benzene rings is 2. The van der Waals surface area contributed by atoms with Gasteiger partial charge in [-0.1, -0.05) is 16.8 Å². The minimum atomic E-state index is -3.93. The van der Waals surface area contributed by atoms with Crippen molar-refractivity contribution in [1.82, 2.24) is 24.6 Å². The second-order valence-electron chi connectivity index (χ2n) is 10.6. The zero-order chi connectivity index (χ0) is 29.3. The molecule has 2 atom stereocenters. The van der Waals surface area contributed by atoms with Gasteiger partial charge < -0.3 is 19.7 Å². The lowest BCUT2D eigenvalue weighted by molar-refractivity contribution is -0.119. The maximum atomic E-state index is 13.7. The molecule has 2 fully saturated rings. The highest BCUT2D eigenvalue weighted by Gasteiger charge is 2.41. The summed E-state index contributed by atoms with van der Waals surface area (Å²) in [5.74, 6) is 0.0211. The van der Waals surface area contributed by atoms with E-state index in [2.05, 4.69) is 15.6 Å². The van der Waals surface area contributed by atoms with Crippen molar-refractivity contribution >= 4 is 39.1 Å². The predicted octanol–water partition coefficient (Wildman–Crippen LogP) is 2.62. The van der Waals surface area contributed by atoms with E-state index in [9.17, 15) is 18.0 Å². The van der Waals surface area contributed by atoms with Crippen molar-refractivity contribution in [2.45, 2.75) is 55.9 Å². The van der Waals surface area contributed by atoms with Gasteiger partial charge in [-0.05, 0) is 55.3 Å². The lowest BCUT2D eigenvalue weighted by Gasteiger charge is -2.27. The third-order valence-corrected chi connectivity index (χ3v) is 9.83. The van der Waals surface area contributed by atoms with Gasteiger partial charge in [0.05, 0.1) is 41.5 Å². The highest BCUT2D eigenvalue weighted by molar-refractivity contribution is 7.89. The Bertz CT molecular complexity index is 1580. The Morgan fingerprint density at radius 3 is 2.64 bits per heavy atom. The van der Waals surface area contributed by atoms with Crippen LogP contribution in [0.2, 0.25) is 5.02 Å². The number of fused-ring (bicyclic) bond motifs is 5. The van der Waals surface area contributed by atoms with Crippen LogP contribution in [0.1, 0.15) is 41.7 Å². The average molecular weight is 615 g/mol. The van der Waals surface area contributed by atoms with Gasteiger partial charge in [0, 0.05) is 50.3 Å². The zero-order valence-corrected chi connectivity index (χ0v) is 24.4. The van der Waals surface area contributed by atoms with Crippen molar-refractivity contribution in [2.75, 3.05) is 31.1 Å². The fourth-order valence-corrected chi connectivity index (χ4v) is 7.04. The maximum absolute atomic E-state index is 13.7. The van der Waals surface area contributed by atoms with Crippen LogP contribution < -0.4 is 15.0 Å². The Morgan fingerprint density at radius 1 is 1.00 bits per heavy atom. The number of ether oxygens (including phenoxy) is 2. The quantitative estimate of drug-likeness (QED) is 0.476. The Hall–Kier alpha value is -3.52. The van der Waals surface area contributed by atoms with E-state index in [-0.39, 0.29) is 30.5 Å². The van der Waals surface area contributed by atoms with Gasteiger partial charge in [-0.3, -0.25) is 14.3 Å². The molecule has 0 aliphatic carbocycles. The molecule has 3 aliphatic heterocycles. The number of piperidine rings is 1. The van der Waals surface area contributed by atoms with Gasteiger partial charge in [0.1, 0.15) is 11.4 Å². The van der Waals surface area contributed by atoms with Crippen LogP contribution in [-0.2, 0) is 32.7 Å². The summed E-state index contributed by atoms with van der Waals surface area (Å²) >= 11 is 6.29. The molecule has 0 saturated carbocycles. The summed E-state index contributed by atoms with van der Waals surface area (Å²) in [4.78, 5) is 27.4. The van der Waals surface area contributed by atoms with Crippen LogP contribution in [0.25, 0.3) is 0 Å². The molecule has 42 heavy (non-hydrogen) atoms. The number of nitrogens with zero attached hydrogens (tertiary/aromatic N) is 5. The minimum Gasteiger partial charge on any atom is -0.492 e. The van der Waals surface area contributed by atoms with Gasteiger partial charge in [0.15, 0.2) is 0 Å². The van der Waals surface area contributed by atoms with Crippen molar-refractivity contribution in [2.24, 2.45) is 0 Å². The summed E-state index contributed by atoms with van der Waals surface area (Å²) < 4.78 is 42.3. The third kappa shape index (κ3) is 6.00. The zero-order valence-electron chi connectivity index (χ0n) is 22.8. The molecule has 4 heterocycles. The number of carbonyl (C=O) groups is 2. The molecule has 1 N–H and O–H groups in total. The molecule has 3 aliphatic rings. The van der Waals surface area contributed by atoms with Gasteiger partial charge >= 0.3 is 0 Å². The van der Waals surface area contributed by atoms with Crippen LogP contribution in [-0.4, -0.2) is 77.9 Å². The summed E-state index contributed by atoms with van der Waals surface area (Å²) in [6.07, 6.45) is 4.03. The number of sulfonamides is 1. The number of rotatable bonds is 3. The lowest BCUT2D eigenvalue weighted by Crippen LogP contribution is -2.44. The molecule has 4 bridgehead atoms. The van der Waals surface area contributed by atoms with Crippen LogP contribution in [0.15, 0.2) is 53.6 Å². The van der Waals surface area contributed by atoms with E-state index in [0.717, 1.165) is 12.8 Å². The summed E-state index contributed by atoms with van der Waals surface area (Å²) in [5, 5.41) is 11.6. The highest BCUT2D eigenvalue weighted by atomic mass is 35.5. The largest absolute Gasteiger partial charge is 0.492 e. The molecule has 6 rings (SSSR count). The predicted molar refractivity (Wildman–Crippen MR) is 153 cm³/mol. The van der Waals surface area contributed by atoms with Crippen LogP contribution in [0.5, 0.6) is 5.75 Å². The molecule has 0 spiro atoms. The third-order valence-electron chi connectivity index (χ3n) is 7.67. The molecule has 1 aromatic heterocycles. The van der Waals surface area contributed by atoms with Gasteiger partial charge in [0.2, 0.25) is 15.9 Å². The van der Waals surface area contributed by atoms with Crippen molar-refractivity contribution in [3.63, 3.8) is 0 Å². The van der Waals surface area contributed by atoms with E-state index in [0.29, 0.717) is 60.3 Å². The first-order valence-electron chi connectivity index (χ1n) is 13.9. The molecule has 12 nitrogen and oxygen atoms in total. The molecular formula is C28H31ClN6O6S. The number of hydrogen-bond donors (Lipinski definition) is 1. The Kier molecular flexibility index (Phi) is 8.17. The van der Waals surface area contributed by atoms with Gasteiger partial charge in [-0.15, -0.1) is 5.10 Å². The number of anilines is 1. The van der Waals surface area contributed by atoms with Gasteiger partial charge in [-0.25, -0.2) is 8.42 Å². The van der Waals surface area contributed by atoms with E-state index in [1.165, 1.54) is 16.4 Å². The SMILES string of the molecule is O=C1N[C@H]2CN(S(=O)(=O)c3ccc(N4CCCCC4=O)cc3)C[C@@H]2OCc2cn(nn2)CCCOc2cc1ccc2Cl. The van der Waals surface area contributed by atoms with Crippen molar-refractivity contribution < 1.29 is 27.5 Å². The van der Waals surface area contributed by atoms with E-state index < -0.39 is 28.1 Å². The number of amides is 2. The first-order chi connectivity index (χ1) is 20.3. The van der Waals surface area contributed by atoms with E-state index in [1.807, 2.05) is 0 Å². The van der Waals surface area contributed by atoms with Crippen molar-refractivity contribution in [3.05, 3.63) is 64.9 Å². The second kappa shape index (κ2) is 12.0. The first kappa shape index (κ1) is 28.6. The van der Waals surface area contributed by atoms with Gasteiger partial charge in [0.25, 0.3) is 5.91 Å². The first-order valence-corrected chi connectivity index (χ1v) is 15.7. The molecule has 222 valence electrons. The molecule has 0 radical (unpaired) electrons. The number of carbonyl (C=O) groups excluding carboxylic acids is 2. The van der Waals surface area contributed by atoms with Gasteiger partial charge in [-0.2, -0.15) is 4.31 Å². The number of aryl methyl sites for hydroxylation is 1. The lowest BCUT2D eigenvalue weighted by atomic mass is 10.1. The normalized spacial score (nSPS) is 22.4. The van der Waals surface area contributed by atoms with Crippen molar-refractivity contribution in [3.8, 4) is 5.75 Å². The molecule has 2 amide bonds. The summed E-state index contributed by atoms with van der Waals surface area (Å²) in [7, 11) is -3.93. The number of aromatic nitrogens is 3. The van der Waals surface area contributed by atoms with Crippen LogP contribution in [0, 0.1) is 0 Å².